The van der Waals surface area contributed by atoms with Crippen LogP contribution in [-0.4, -0.2) is 23.6 Å². The Morgan fingerprint density at radius 3 is 2.83 bits per heavy atom. The summed E-state index contributed by atoms with van der Waals surface area (Å²) in [6.45, 7) is 4.29. The zero-order valence-corrected chi connectivity index (χ0v) is 11.8. The van der Waals surface area contributed by atoms with E-state index in [1.54, 1.807) is 0 Å². The molecule has 100 valence electrons. The Kier molecular flexibility index (Phi) is 4.35. The lowest BCUT2D eigenvalue weighted by atomic mass is 10.2. The van der Waals surface area contributed by atoms with E-state index < -0.39 is 0 Å². The van der Waals surface area contributed by atoms with Gasteiger partial charge in [0, 0.05) is 18.4 Å². The van der Waals surface area contributed by atoms with E-state index in [-0.39, 0.29) is 12.0 Å². The molecular formula is C13H20N2O2S. The molecule has 1 saturated carbocycles. The van der Waals surface area contributed by atoms with Crippen LogP contribution in [0.1, 0.15) is 59.4 Å². The molecule has 1 fully saturated rings. The third-order valence-electron chi connectivity index (χ3n) is 3.08. The van der Waals surface area contributed by atoms with Crippen molar-refractivity contribution in [2.45, 2.75) is 51.5 Å². The van der Waals surface area contributed by atoms with Gasteiger partial charge in [-0.1, -0.05) is 6.92 Å². The standard InChI is InChI=1S/C13H20N2O2S/c1-3-9(14)7-10-15-11(8-5-6-8)12(18-10)13(16)17-4-2/h8-9H,3-7,14H2,1-2H3. The largest absolute Gasteiger partial charge is 0.462 e. The number of rotatable bonds is 6. The Bertz CT molecular complexity index is 427. The first-order valence-corrected chi connectivity index (χ1v) is 7.39. The number of carbonyl (C=O) groups excluding carboxylic acids is 1. The minimum Gasteiger partial charge on any atom is -0.462 e. The van der Waals surface area contributed by atoms with E-state index in [1.807, 2.05) is 6.92 Å². The number of thiazole rings is 1. The molecule has 0 amide bonds. The Morgan fingerprint density at radius 2 is 2.28 bits per heavy atom. The van der Waals surface area contributed by atoms with E-state index in [9.17, 15) is 4.79 Å². The fourth-order valence-electron chi connectivity index (χ4n) is 1.81. The lowest BCUT2D eigenvalue weighted by molar-refractivity contribution is 0.0530. The number of esters is 1. The van der Waals surface area contributed by atoms with Crippen molar-refractivity contribution < 1.29 is 9.53 Å². The molecule has 2 rings (SSSR count). The molecule has 1 atom stereocenters. The molecule has 5 heteroatoms. The van der Waals surface area contributed by atoms with Gasteiger partial charge in [0.15, 0.2) is 0 Å². The van der Waals surface area contributed by atoms with Crippen LogP contribution in [0, 0.1) is 0 Å². The second-order valence-corrected chi connectivity index (χ2v) is 5.77. The molecule has 1 aromatic heterocycles. The van der Waals surface area contributed by atoms with Crippen LogP contribution in [0.3, 0.4) is 0 Å². The number of hydrogen-bond acceptors (Lipinski definition) is 5. The molecule has 2 N–H and O–H groups in total. The van der Waals surface area contributed by atoms with Crippen LogP contribution >= 0.6 is 11.3 Å². The predicted molar refractivity (Wildman–Crippen MR) is 72.0 cm³/mol. The summed E-state index contributed by atoms with van der Waals surface area (Å²) in [4.78, 5) is 17.2. The minimum atomic E-state index is -0.229. The molecule has 1 aliphatic carbocycles. The summed E-state index contributed by atoms with van der Waals surface area (Å²) in [5.74, 6) is 0.237. The summed E-state index contributed by atoms with van der Waals surface area (Å²) in [6, 6.07) is 0.123. The fourth-order valence-corrected chi connectivity index (χ4v) is 2.95. The summed E-state index contributed by atoms with van der Waals surface area (Å²) >= 11 is 1.45. The number of hydrogen-bond donors (Lipinski definition) is 1. The van der Waals surface area contributed by atoms with Gasteiger partial charge in [0.25, 0.3) is 0 Å². The van der Waals surface area contributed by atoms with Crippen molar-refractivity contribution in [3.8, 4) is 0 Å². The minimum absolute atomic E-state index is 0.123. The van der Waals surface area contributed by atoms with Gasteiger partial charge in [-0.05, 0) is 26.2 Å². The first kappa shape index (κ1) is 13.5. The van der Waals surface area contributed by atoms with E-state index in [4.69, 9.17) is 10.5 Å². The Hall–Kier alpha value is -0.940. The average Bonchev–Trinajstić information content (AvgIpc) is 3.11. The number of carbonyl (C=O) groups is 1. The molecule has 4 nitrogen and oxygen atoms in total. The van der Waals surface area contributed by atoms with Crippen LogP contribution in [0.5, 0.6) is 0 Å². The molecule has 0 saturated heterocycles. The van der Waals surface area contributed by atoms with Crippen molar-refractivity contribution in [1.29, 1.82) is 0 Å². The van der Waals surface area contributed by atoms with Crippen LogP contribution < -0.4 is 5.73 Å². The third-order valence-corrected chi connectivity index (χ3v) is 4.16. The Balaban J connectivity index is 2.18. The van der Waals surface area contributed by atoms with E-state index in [1.165, 1.54) is 11.3 Å². The van der Waals surface area contributed by atoms with Crippen LogP contribution in [0.15, 0.2) is 0 Å². The normalized spacial score (nSPS) is 16.6. The van der Waals surface area contributed by atoms with Crippen molar-refractivity contribution in [1.82, 2.24) is 4.98 Å². The summed E-state index contributed by atoms with van der Waals surface area (Å²) in [6.07, 6.45) is 3.94. The lowest BCUT2D eigenvalue weighted by Gasteiger charge is -2.04. The van der Waals surface area contributed by atoms with Gasteiger partial charge in [-0.25, -0.2) is 9.78 Å². The quantitative estimate of drug-likeness (QED) is 0.805. The number of ether oxygens (including phenoxy) is 1. The highest BCUT2D eigenvalue weighted by Gasteiger charge is 2.32. The summed E-state index contributed by atoms with van der Waals surface area (Å²) in [7, 11) is 0. The van der Waals surface area contributed by atoms with Gasteiger partial charge in [0.05, 0.1) is 17.3 Å². The van der Waals surface area contributed by atoms with E-state index in [2.05, 4.69) is 11.9 Å². The summed E-state index contributed by atoms with van der Waals surface area (Å²) < 4.78 is 5.09. The average molecular weight is 268 g/mol. The van der Waals surface area contributed by atoms with Crippen molar-refractivity contribution >= 4 is 17.3 Å². The van der Waals surface area contributed by atoms with Gasteiger partial charge < -0.3 is 10.5 Å². The van der Waals surface area contributed by atoms with E-state index in [0.717, 1.165) is 36.4 Å². The molecule has 0 radical (unpaired) electrons. The zero-order chi connectivity index (χ0) is 13.1. The van der Waals surface area contributed by atoms with Crippen molar-refractivity contribution in [3.63, 3.8) is 0 Å². The SMILES string of the molecule is CCOC(=O)c1sc(CC(N)CC)nc1C1CC1. The van der Waals surface area contributed by atoms with Crippen LogP contribution in [0.4, 0.5) is 0 Å². The molecule has 1 aromatic rings. The van der Waals surface area contributed by atoms with Crippen molar-refractivity contribution in [2.24, 2.45) is 5.73 Å². The van der Waals surface area contributed by atoms with Gasteiger partial charge in [0.1, 0.15) is 4.88 Å². The second-order valence-electron chi connectivity index (χ2n) is 4.69. The molecule has 0 spiro atoms. The lowest BCUT2D eigenvalue weighted by Crippen LogP contribution is -2.21. The zero-order valence-electron chi connectivity index (χ0n) is 10.9. The van der Waals surface area contributed by atoms with Crippen LogP contribution in [-0.2, 0) is 11.2 Å². The third kappa shape index (κ3) is 3.09. The molecule has 0 aliphatic heterocycles. The number of nitrogens with zero attached hydrogens (tertiary/aromatic N) is 1. The van der Waals surface area contributed by atoms with Gasteiger partial charge in [-0.2, -0.15) is 0 Å². The first-order valence-electron chi connectivity index (χ1n) is 6.58. The van der Waals surface area contributed by atoms with Crippen molar-refractivity contribution in [3.05, 3.63) is 15.6 Å². The topological polar surface area (TPSA) is 65.2 Å². The highest BCUT2D eigenvalue weighted by molar-refractivity contribution is 7.13. The number of aromatic nitrogens is 1. The molecule has 0 bridgehead atoms. The first-order chi connectivity index (χ1) is 8.65. The predicted octanol–water partition coefficient (Wildman–Crippen LogP) is 2.48. The fraction of sp³-hybridized carbons (Fsp3) is 0.692. The molecule has 1 heterocycles. The summed E-state index contributed by atoms with van der Waals surface area (Å²) in [5, 5.41) is 0.967. The smallest absolute Gasteiger partial charge is 0.350 e. The molecule has 18 heavy (non-hydrogen) atoms. The van der Waals surface area contributed by atoms with Crippen LogP contribution in [0.2, 0.25) is 0 Å². The Morgan fingerprint density at radius 1 is 1.56 bits per heavy atom. The highest BCUT2D eigenvalue weighted by Crippen LogP contribution is 2.43. The van der Waals surface area contributed by atoms with Crippen molar-refractivity contribution in [2.75, 3.05) is 6.61 Å². The van der Waals surface area contributed by atoms with Crippen LogP contribution in [0.25, 0.3) is 0 Å². The molecule has 0 aromatic carbocycles. The number of nitrogens with two attached hydrogens (primary N) is 1. The maximum atomic E-state index is 11.9. The second kappa shape index (κ2) is 5.80. The molecule has 1 unspecified atom stereocenters. The maximum absolute atomic E-state index is 11.9. The van der Waals surface area contributed by atoms with Gasteiger partial charge in [-0.15, -0.1) is 11.3 Å². The molecular weight excluding hydrogens is 248 g/mol. The summed E-state index contributed by atoms with van der Waals surface area (Å²) in [5.41, 5.74) is 6.88. The van der Waals surface area contributed by atoms with E-state index in [0.29, 0.717) is 17.4 Å². The van der Waals surface area contributed by atoms with E-state index >= 15 is 0 Å². The Labute approximate surface area is 112 Å². The van der Waals surface area contributed by atoms with Gasteiger partial charge in [0.2, 0.25) is 0 Å². The maximum Gasteiger partial charge on any atom is 0.350 e. The highest BCUT2D eigenvalue weighted by atomic mass is 32.1. The van der Waals surface area contributed by atoms with Gasteiger partial charge in [-0.3, -0.25) is 0 Å². The molecule has 1 aliphatic rings. The van der Waals surface area contributed by atoms with Gasteiger partial charge >= 0.3 is 5.97 Å². The monoisotopic (exact) mass is 268 g/mol.